The zero-order valence-electron chi connectivity index (χ0n) is 17.9. The monoisotopic (exact) mass is 412 g/mol. The van der Waals surface area contributed by atoms with E-state index >= 15 is 0 Å². The van der Waals surface area contributed by atoms with E-state index in [0.29, 0.717) is 24.8 Å². The van der Waals surface area contributed by atoms with Crippen molar-refractivity contribution in [1.82, 2.24) is 10.2 Å². The quantitative estimate of drug-likeness (QED) is 0.628. The predicted octanol–water partition coefficient (Wildman–Crippen LogP) is 4.42. The molecule has 0 aliphatic carbocycles. The number of thioether (sulfide) groups is 1. The van der Waals surface area contributed by atoms with Crippen molar-refractivity contribution >= 4 is 23.6 Å². The standard InChI is InChI=1S/C24H32N2O2S/c1-18(2)14-25-24(28)20(4)26(15-22-13-9-8-10-19(22)3)23(27)17-29-16-21-11-6-5-7-12-21/h5-13,18,20H,14-17H2,1-4H3,(H,25,28)/t20-/m1/s1. The molecule has 2 amide bonds. The van der Waals surface area contributed by atoms with Crippen LogP contribution in [0.3, 0.4) is 0 Å². The van der Waals surface area contributed by atoms with Crippen molar-refractivity contribution in [2.24, 2.45) is 5.92 Å². The van der Waals surface area contributed by atoms with Gasteiger partial charge in [-0.3, -0.25) is 9.59 Å². The number of nitrogens with zero attached hydrogens (tertiary/aromatic N) is 1. The number of nitrogens with one attached hydrogen (secondary N) is 1. The van der Waals surface area contributed by atoms with Crippen LogP contribution in [0.15, 0.2) is 54.6 Å². The molecule has 1 atom stereocenters. The van der Waals surface area contributed by atoms with Gasteiger partial charge in [-0.1, -0.05) is 68.4 Å². The highest BCUT2D eigenvalue weighted by Crippen LogP contribution is 2.17. The first kappa shape index (κ1) is 23.0. The van der Waals surface area contributed by atoms with E-state index in [1.165, 1.54) is 5.56 Å². The fraction of sp³-hybridized carbons (Fsp3) is 0.417. The summed E-state index contributed by atoms with van der Waals surface area (Å²) in [5.41, 5.74) is 3.38. The van der Waals surface area contributed by atoms with Gasteiger partial charge in [0.25, 0.3) is 0 Å². The number of hydrogen-bond donors (Lipinski definition) is 1. The van der Waals surface area contributed by atoms with Gasteiger partial charge in [0, 0.05) is 18.8 Å². The zero-order chi connectivity index (χ0) is 21.2. The van der Waals surface area contributed by atoms with Gasteiger partial charge in [0.2, 0.25) is 11.8 Å². The van der Waals surface area contributed by atoms with Crippen molar-refractivity contribution in [3.05, 3.63) is 71.3 Å². The number of carbonyl (C=O) groups excluding carboxylic acids is 2. The Kier molecular flexibility index (Phi) is 9.26. The number of carbonyl (C=O) groups is 2. The summed E-state index contributed by atoms with van der Waals surface area (Å²) in [5, 5.41) is 2.96. The molecule has 1 N–H and O–H groups in total. The topological polar surface area (TPSA) is 49.4 Å². The van der Waals surface area contributed by atoms with Crippen molar-refractivity contribution in [2.45, 2.75) is 46.0 Å². The third-order valence-electron chi connectivity index (χ3n) is 4.79. The lowest BCUT2D eigenvalue weighted by Gasteiger charge is -2.29. The molecule has 0 unspecified atom stereocenters. The van der Waals surface area contributed by atoms with Gasteiger partial charge in [-0.05, 0) is 36.5 Å². The van der Waals surface area contributed by atoms with Crippen LogP contribution in [-0.4, -0.2) is 35.1 Å². The SMILES string of the molecule is Cc1ccccc1CN(C(=O)CSCc1ccccc1)[C@H](C)C(=O)NCC(C)C. The third kappa shape index (κ3) is 7.58. The van der Waals surface area contributed by atoms with Crippen LogP contribution in [-0.2, 0) is 21.9 Å². The number of rotatable bonds is 10. The van der Waals surface area contributed by atoms with Gasteiger partial charge in [0.05, 0.1) is 5.75 Å². The van der Waals surface area contributed by atoms with Crippen molar-refractivity contribution in [1.29, 1.82) is 0 Å². The van der Waals surface area contributed by atoms with E-state index < -0.39 is 6.04 Å². The Labute approximate surface area is 179 Å². The lowest BCUT2D eigenvalue weighted by Crippen LogP contribution is -2.48. The highest BCUT2D eigenvalue weighted by Gasteiger charge is 2.26. The fourth-order valence-corrected chi connectivity index (χ4v) is 3.79. The van der Waals surface area contributed by atoms with Crippen molar-refractivity contribution in [3.63, 3.8) is 0 Å². The molecule has 0 radical (unpaired) electrons. The van der Waals surface area contributed by atoms with Crippen molar-refractivity contribution in [2.75, 3.05) is 12.3 Å². The van der Waals surface area contributed by atoms with Crippen LogP contribution in [0.2, 0.25) is 0 Å². The van der Waals surface area contributed by atoms with Gasteiger partial charge in [-0.15, -0.1) is 11.8 Å². The average molecular weight is 413 g/mol. The smallest absolute Gasteiger partial charge is 0.242 e. The Morgan fingerprint density at radius 3 is 2.31 bits per heavy atom. The van der Waals surface area contributed by atoms with Gasteiger partial charge in [0.1, 0.15) is 6.04 Å². The summed E-state index contributed by atoms with van der Waals surface area (Å²) in [5.74, 6) is 1.38. The molecule has 2 aromatic rings. The van der Waals surface area contributed by atoms with Crippen LogP contribution < -0.4 is 5.32 Å². The Hall–Kier alpha value is -2.27. The first-order chi connectivity index (χ1) is 13.9. The third-order valence-corrected chi connectivity index (χ3v) is 5.78. The first-order valence-electron chi connectivity index (χ1n) is 10.1. The Morgan fingerprint density at radius 1 is 1.00 bits per heavy atom. The summed E-state index contributed by atoms with van der Waals surface area (Å²) < 4.78 is 0. The van der Waals surface area contributed by atoms with Gasteiger partial charge in [0.15, 0.2) is 0 Å². The largest absolute Gasteiger partial charge is 0.354 e. The Balaban J connectivity index is 2.06. The van der Waals surface area contributed by atoms with E-state index in [1.54, 1.807) is 16.7 Å². The predicted molar refractivity (Wildman–Crippen MR) is 122 cm³/mol. The molecule has 0 aliphatic rings. The van der Waals surface area contributed by atoms with E-state index in [4.69, 9.17) is 0 Å². The van der Waals surface area contributed by atoms with Crippen LogP contribution in [0.4, 0.5) is 0 Å². The molecule has 29 heavy (non-hydrogen) atoms. The van der Waals surface area contributed by atoms with E-state index in [-0.39, 0.29) is 11.8 Å². The molecule has 2 aromatic carbocycles. The molecule has 0 heterocycles. The minimum absolute atomic E-state index is 0.0126. The number of aryl methyl sites for hydroxylation is 1. The summed E-state index contributed by atoms with van der Waals surface area (Å²) in [4.78, 5) is 27.4. The lowest BCUT2D eigenvalue weighted by molar-refractivity contribution is -0.138. The molecule has 0 bridgehead atoms. The first-order valence-corrected chi connectivity index (χ1v) is 11.3. The molecule has 4 nitrogen and oxygen atoms in total. The summed E-state index contributed by atoms with van der Waals surface area (Å²) in [6.45, 7) is 9.01. The summed E-state index contributed by atoms with van der Waals surface area (Å²) in [6, 6.07) is 17.6. The molecule has 0 saturated heterocycles. The average Bonchev–Trinajstić information content (AvgIpc) is 2.71. The van der Waals surface area contributed by atoms with Gasteiger partial charge >= 0.3 is 0 Å². The number of benzene rings is 2. The minimum atomic E-state index is -0.516. The maximum absolute atomic E-state index is 13.1. The van der Waals surface area contributed by atoms with Crippen LogP contribution >= 0.6 is 11.8 Å². The molecule has 0 fully saturated rings. The van der Waals surface area contributed by atoms with Gasteiger partial charge in [-0.2, -0.15) is 0 Å². The highest BCUT2D eigenvalue weighted by atomic mass is 32.2. The molecule has 0 aromatic heterocycles. The van der Waals surface area contributed by atoms with Crippen LogP contribution in [0.25, 0.3) is 0 Å². The minimum Gasteiger partial charge on any atom is -0.354 e. The van der Waals surface area contributed by atoms with Crippen LogP contribution in [0.1, 0.15) is 37.5 Å². The lowest BCUT2D eigenvalue weighted by atomic mass is 10.1. The number of amides is 2. The van der Waals surface area contributed by atoms with Gasteiger partial charge in [-0.25, -0.2) is 0 Å². The molecule has 2 rings (SSSR count). The fourth-order valence-electron chi connectivity index (χ4n) is 2.92. The zero-order valence-corrected chi connectivity index (χ0v) is 18.7. The molecular formula is C24H32N2O2S. The normalized spacial score (nSPS) is 11.9. The second kappa shape index (κ2) is 11.7. The second-order valence-electron chi connectivity index (χ2n) is 7.74. The highest BCUT2D eigenvalue weighted by molar-refractivity contribution is 7.99. The molecule has 0 spiro atoms. The van der Waals surface area contributed by atoms with E-state index in [1.807, 2.05) is 56.3 Å². The summed E-state index contributed by atoms with van der Waals surface area (Å²) >= 11 is 1.58. The molecule has 0 aliphatic heterocycles. The summed E-state index contributed by atoms with van der Waals surface area (Å²) in [7, 11) is 0. The van der Waals surface area contributed by atoms with Crippen molar-refractivity contribution in [3.8, 4) is 0 Å². The van der Waals surface area contributed by atoms with Crippen molar-refractivity contribution < 1.29 is 9.59 Å². The van der Waals surface area contributed by atoms with Gasteiger partial charge < -0.3 is 10.2 Å². The van der Waals surface area contributed by atoms with Crippen LogP contribution in [0, 0.1) is 12.8 Å². The second-order valence-corrected chi connectivity index (χ2v) is 8.73. The maximum atomic E-state index is 13.1. The molecule has 0 saturated carbocycles. The van der Waals surface area contributed by atoms with Crippen LogP contribution in [0.5, 0.6) is 0 Å². The molecule has 5 heteroatoms. The molecule has 156 valence electrons. The maximum Gasteiger partial charge on any atom is 0.242 e. The molecular weight excluding hydrogens is 380 g/mol. The van der Waals surface area contributed by atoms with E-state index in [9.17, 15) is 9.59 Å². The van der Waals surface area contributed by atoms with E-state index in [0.717, 1.165) is 16.9 Å². The number of hydrogen-bond acceptors (Lipinski definition) is 3. The van der Waals surface area contributed by atoms with E-state index in [2.05, 4.69) is 31.3 Å². The Bertz CT molecular complexity index is 792. The summed E-state index contributed by atoms with van der Waals surface area (Å²) in [6.07, 6.45) is 0. The Morgan fingerprint density at radius 2 is 1.66 bits per heavy atom.